The Balaban J connectivity index is 1.99. The Morgan fingerprint density at radius 3 is 2.79 bits per heavy atom. The van der Waals surface area contributed by atoms with Crippen molar-refractivity contribution in [2.75, 3.05) is 7.11 Å². The third-order valence-electron chi connectivity index (χ3n) is 3.06. The van der Waals surface area contributed by atoms with Crippen molar-refractivity contribution in [2.24, 2.45) is 0 Å². The molecule has 3 rings (SSSR count). The van der Waals surface area contributed by atoms with Crippen LogP contribution in [0.1, 0.15) is 11.4 Å². The topological polar surface area (TPSA) is 37.9 Å². The molecular formula is C15H13ClN2O. The number of benzene rings is 2. The Kier molecular flexibility index (Phi) is 3.13. The van der Waals surface area contributed by atoms with Gasteiger partial charge in [-0.25, -0.2) is 4.98 Å². The predicted octanol–water partition coefficient (Wildman–Crippen LogP) is 3.82. The molecule has 3 nitrogen and oxygen atoms in total. The number of nitrogens with one attached hydrogen (secondary N) is 1. The summed E-state index contributed by atoms with van der Waals surface area (Å²) in [6.07, 6.45) is 0.690. The Morgan fingerprint density at radius 2 is 2.00 bits per heavy atom. The predicted molar refractivity (Wildman–Crippen MR) is 76.9 cm³/mol. The van der Waals surface area contributed by atoms with Gasteiger partial charge in [0.15, 0.2) is 0 Å². The standard InChI is InChI=1S/C15H13ClN2O/c1-19-13-8-3-2-5-10(13)9-14-17-12-7-4-6-11(16)15(12)18-14/h2-8H,9H2,1H3,(H,17,18). The summed E-state index contributed by atoms with van der Waals surface area (Å²) >= 11 is 6.12. The third kappa shape index (κ3) is 2.29. The van der Waals surface area contributed by atoms with E-state index >= 15 is 0 Å². The van der Waals surface area contributed by atoms with Crippen LogP contribution in [0.2, 0.25) is 5.02 Å². The lowest BCUT2D eigenvalue weighted by Crippen LogP contribution is -1.94. The zero-order chi connectivity index (χ0) is 13.2. The Morgan fingerprint density at radius 1 is 1.16 bits per heavy atom. The number of para-hydroxylation sites is 2. The first-order valence-electron chi connectivity index (χ1n) is 6.03. The van der Waals surface area contributed by atoms with Crippen molar-refractivity contribution >= 4 is 22.6 Å². The number of imidazole rings is 1. The van der Waals surface area contributed by atoms with Crippen LogP contribution in [0.3, 0.4) is 0 Å². The lowest BCUT2D eigenvalue weighted by Gasteiger charge is -2.05. The smallest absolute Gasteiger partial charge is 0.122 e. The molecule has 1 heterocycles. The number of halogens is 1. The first kappa shape index (κ1) is 12.1. The molecule has 0 aliphatic heterocycles. The van der Waals surface area contributed by atoms with Gasteiger partial charge in [-0.1, -0.05) is 35.9 Å². The molecule has 0 aliphatic rings. The quantitative estimate of drug-likeness (QED) is 0.787. The summed E-state index contributed by atoms with van der Waals surface area (Å²) in [5, 5.41) is 0.667. The van der Waals surface area contributed by atoms with Crippen molar-refractivity contribution in [1.29, 1.82) is 0 Å². The van der Waals surface area contributed by atoms with Crippen LogP contribution in [0.4, 0.5) is 0 Å². The zero-order valence-corrected chi connectivity index (χ0v) is 11.2. The molecule has 1 N–H and O–H groups in total. The molecule has 0 saturated heterocycles. The first-order valence-corrected chi connectivity index (χ1v) is 6.41. The molecular weight excluding hydrogens is 260 g/mol. The van der Waals surface area contributed by atoms with Crippen LogP contribution in [-0.4, -0.2) is 17.1 Å². The van der Waals surface area contributed by atoms with Gasteiger partial charge in [0, 0.05) is 12.0 Å². The fraction of sp³-hybridized carbons (Fsp3) is 0.133. The van der Waals surface area contributed by atoms with E-state index < -0.39 is 0 Å². The van der Waals surface area contributed by atoms with E-state index in [-0.39, 0.29) is 0 Å². The number of fused-ring (bicyclic) bond motifs is 1. The monoisotopic (exact) mass is 272 g/mol. The largest absolute Gasteiger partial charge is 0.496 e. The van der Waals surface area contributed by atoms with Crippen molar-refractivity contribution in [1.82, 2.24) is 9.97 Å². The van der Waals surface area contributed by atoms with Gasteiger partial charge in [0.25, 0.3) is 0 Å². The minimum Gasteiger partial charge on any atom is -0.496 e. The second-order valence-corrected chi connectivity index (χ2v) is 4.72. The molecule has 3 aromatic rings. The van der Waals surface area contributed by atoms with E-state index in [0.29, 0.717) is 11.4 Å². The van der Waals surface area contributed by atoms with E-state index in [4.69, 9.17) is 16.3 Å². The summed E-state index contributed by atoms with van der Waals surface area (Å²) in [5.41, 5.74) is 2.87. The lowest BCUT2D eigenvalue weighted by atomic mass is 10.1. The number of aromatic amines is 1. The summed E-state index contributed by atoms with van der Waals surface area (Å²) in [7, 11) is 1.67. The summed E-state index contributed by atoms with van der Waals surface area (Å²) in [5.74, 6) is 1.75. The molecule has 2 aromatic carbocycles. The molecule has 19 heavy (non-hydrogen) atoms. The first-order chi connectivity index (χ1) is 9.28. The van der Waals surface area contributed by atoms with Gasteiger partial charge in [-0.05, 0) is 18.2 Å². The number of ether oxygens (including phenoxy) is 1. The van der Waals surface area contributed by atoms with Gasteiger partial charge in [0.05, 0.1) is 17.6 Å². The van der Waals surface area contributed by atoms with Crippen molar-refractivity contribution in [2.45, 2.75) is 6.42 Å². The van der Waals surface area contributed by atoms with Crippen molar-refractivity contribution in [3.05, 3.63) is 58.9 Å². The van der Waals surface area contributed by atoms with Crippen molar-refractivity contribution in [3.8, 4) is 5.75 Å². The maximum Gasteiger partial charge on any atom is 0.122 e. The third-order valence-corrected chi connectivity index (χ3v) is 3.37. The van der Waals surface area contributed by atoms with Crippen LogP contribution < -0.4 is 4.74 Å². The van der Waals surface area contributed by atoms with Crippen LogP contribution in [-0.2, 0) is 6.42 Å². The highest BCUT2D eigenvalue weighted by molar-refractivity contribution is 6.34. The van der Waals surface area contributed by atoms with Gasteiger partial charge in [-0.15, -0.1) is 0 Å². The fourth-order valence-corrected chi connectivity index (χ4v) is 2.38. The van der Waals surface area contributed by atoms with Gasteiger partial charge in [0.1, 0.15) is 17.1 Å². The number of hydrogen-bond acceptors (Lipinski definition) is 2. The van der Waals surface area contributed by atoms with E-state index in [0.717, 1.165) is 28.2 Å². The second kappa shape index (κ2) is 4.94. The normalized spacial score (nSPS) is 10.8. The van der Waals surface area contributed by atoms with Crippen LogP contribution in [0.5, 0.6) is 5.75 Å². The molecule has 0 aliphatic carbocycles. The lowest BCUT2D eigenvalue weighted by molar-refractivity contribution is 0.410. The molecule has 0 spiro atoms. The Hall–Kier alpha value is -2.00. The van der Waals surface area contributed by atoms with E-state index in [1.54, 1.807) is 7.11 Å². The molecule has 0 radical (unpaired) electrons. The highest BCUT2D eigenvalue weighted by Crippen LogP contribution is 2.24. The van der Waals surface area contributed by atoms with Gasteiger partial charge < -0.3 is 9.72 Å². The summed E-state index contributed by atoms with van der Waals surface area (Å²) in [4.78, 5) is 7.82. The van der Waals surface area contributed by atoms with E-state index in [1.807, 2.05) is 42.5 Å². The molecule has 0 bridgehead atoms. The maximum atomic E-state index is 6.12. The van der Waals surface area contributed by atoms with E-state index in [9.17, 15) is 0 Å². The van der Waals surface area contributed by atoms with Crippen LogP contribution in [0, 0.1) is 0 Å². The highest BCUT2D eigenvalue weighted by Gasteiger charge is 2.09. The molecule has 0 fully saturated rings. The number of hydrogen-bond donors (Lipinski definition) is 1. The zero-order valence-electron chi connectivity index (χ0n) is 10.5. The van der Waals surface area contributed by atoms with Gasteiger partial charge in [-0.3, -0.25) is 0 Å². The number of nitrogens with zero attached hydrogens (tertiary/aromatic N) is 1. The summed E-state index contributed by atoms with van der Waals surface area (Å²) < 4.78 is 5.35. The van der Waals surface area contributed by atoms with Gasteiger partial charge in [0.2, 0.25) is 0 Å². The SMILES string of the molecule is COc1ccccc1Cc1nc2c(Cl)cccc2[nH]1. The minimum absolute atomic E-state index is 0.667. The van der Waals surface area contributed by atoms with E-state index in [2.05, 4.69) is 9.97 Å². The highest BCUT2D eigenvalue weighted by atomic mass is 35.5. The molecule has 96 valence electrons. The second-order valence-electron chi connectivity index (χ2n) is 4.31. The van der Waals surface area contributed by atoms with Crippen molar-refractivity contribution in [3.63, 3.8) is 0 Å². The molecule has 0 amide bonds. The summed E-state index contributed by atoms with van der Waals surface area (Å²) in [6, 6.07) is 13.7. The Bertz CT molecular complexity index is 721. The molecule has 0 unspecified atom stereocenters. The average molecular weight is 273 g/mol. The fourth-order valence-electron chi connectivity index (χ4n) is 2.16. The number of rotatable bonds is 3. The molecule has 4 heteroatoms. The maximum absolute atomic E-state index is 6.12. The molecule has 0 saturated carbocycles. The summed E-state index contributed by atoms with van der Waals surface area (Å²) in [6.45, 7) is 0. The number of aromatic nitrogens is 2. The van der Waals surface area contributed by atoms with Crippen LogP contribution in [0.15, 0.2) is 42.5 Å². The molecule has 0 atom stereocenters. The number of H-pyrrole nitrogens is 1. The number of methoxy groups -OCH3 is 1. The van der Waals surface area contributed by atoms with Crippen LogP contribution in [0.25, 0.3) is 11.0 Å². The molecule has 1 aromatic heterocycles. The van der Waals surface area contributed by atoms with Crippen LogP contribution >= 0.6 is 11.6 Å². The minimum atomic E-state index is 0.667. The van der Waals surface area contributed by atoms with Crippen molar-refractivity contribution < 1.29 is 4.74 Å². The van der Waals surface area contributed by atoms with E-state index in [1.165, 1.54) is 0 Å². The van der Waals surface area contributed by atoms with Gasteiger partial charge in [-0.2, -0.15) is 0 Å². The Labute approximate surface area is 116 Å². The van der Waals surface area contributed by atoms with Gasteiger partial charge >= 0.3 is 0 Å². The average Bonchev–Trinajstić information content (AvgIpc) is 2.83.